The molecular weight excluding hydrogens is 278 g/mol. The van der Waals surface area contributed by atoms with Gasteiger partial charge in [0.05, 0.1) is 11.6 Å². The largest absolute Gasteiger partial charge is 0.271 e. The number of nitrogens with zero attached hydrogens (tertiary/aromatic N) is 1. The molecule has 3 aromatic rings. The minimum absolute atomic E-state index is 0.0862. The van der Waals surface area contributed by atoms with E-state index in [2.05, 4.69) is 46.8 Å². The van der Waals surface area contributed by atoms with Crippen molar-refractivity contribution in [1.82, 2.24) is 10.4 Å². The van der Waals surface area contributed by atoms with Crippen LogP contribution in [0, 0.1) is 0 Å². The standard InChI is InChI=1S/C17H17N3S/c18-20-17(12-21-13-6-2-1-3-7-13)15-8-4-10-16-14(15)9-5-11-19-16/h1-11,17,20H,12,18H2. The lowest BCUT2D eigenvalue weighted by atomic mass is 10.0. The maximum absolute atomic E-state index is 5.78. The van der Waals surface area contributed by atoms with Gasteiger partial charge in [0, 0.05) is 22.2 Å². The first kappa shape index (κ1) is 14.1. The zero-order valence-corrected chi connectivity index (χ0v) is 12.4. The number of nitrogens with one attached hydrogen (secondary N) is 1. The fourth-order valence-corrected chi connectivity index (χ4v) is 3.34. The van der Waals surface area contributed by atoms with Gasteiger partial charge in [0.2, 0.25) is 0 Å². The summed E-state index contributed by atoms with van der Waals surface area (Å²) in [5.74, 6) is 6.65. The molecule has 1 unspecified atom stereocenters. The lowest BCUT2D eigenvalue weighted by Crippen LogP contribution is -2.29. The minimum atomic E-state index is 0.0862. The van der Waals surface area contributed by atoms with Crippen molar-refractivity contribution in [2.45, 2.75) is 10.9 Å². The summed E-state index contributed by atoms with van der Waals surface area (Å²) in [4.78, 5) is 5.65. The Morgan fingerprint density at radius 3 is 2.67 bits per heavy atom. The summed E-state index contributed by atoms with van der Waals surface area (Å²) in [5, 5.41) is 1.15. The number of pyridine rings is 1. The molecule has 0 saturated carbocycles. The zero-order chi connectivity index (χ0) is 14.5. The SMILES string of the molecule is NNC(CSc1ccccc1)c1cccc2ncccc12. The van der Waals surface area contributed by atoms with Crippen molar-refractivity contribution in [3.63, 3.8) is 0 Å². The fourth-order valence-electron chi connectivity index (χ4n) is 2.35. The van der Waals surface area contributed by atoms with Crippen molar-refractivity contribution in [3.05, 3.63) is 72.4 Å². The molecule has 3 rings (SSSR count). The van der Waals surface area contributed by atoms with E-state index < -0.39 is 0 Å². The van der Waals surface area contributed by atoms with Crippen LogP contribution in [0.15, 0.2) is 71.8 Å². The van der Waals surface area contributed by atoms with Crippen molar-refractivity contribution < 1.29 is 0 Å². The van der Waals surface area contributed by atoms with Gasteiger partial charge in [0.15, 0.2) is 0 Å². The number of hydrogen-bond acceptors (Lipinski definition) is 4. The van der Waals surface area contributed by atoms with Gasteiger partial charge in [-0.3, -0.25) is 16.3 Å². The molecule has 1 atom stereocenters. The second kappa shape index (κ2) is 6.72. The lowest BCUT2D eigenvalue weighted by Gasteiger charge is -2.18. The Kier molecular flexibility index (Phi) is 4.50. The highest BCUT2D eigenvalue weighted by Gasteiger charge is 2.13. The van der Waals surface area contributed by atoms with Crippen LogP contribution in [-0.4, -0.2) is 10.7 Å². The minimum Gasteiger partial charge on any atom is -0.271 e. The van der Waals surface area contributed by atoms with E-state index >= 15 is 0 Å². The second-order valence-electron chi connectivity index (χ2n) is 4.76. The smallest absolute Gasteiger partial charge is 0.0705 e. The van der Waals surface area contributed by atoms with Crippen LogP contribution in [0.25, 0.3) is 10.9 Å². The van der Waals surface area contributed by atoms with E-state index in [1.54, 1.807) is 11.8 Å². The van der Waals surface area contributed by atoms with Crippen molar-refractivity contribution in [1.29, 1.82) is 0 Å². The first-order valence-electron chi connectivity index (χ1n) is 6.86. The molecule has 0 aliphatic carbocycles. The molecule has 0 spiro atoms. The molecule has 0 saturated heterocycles. The third kappa shape index (κ3) is 3.24. The van der Waals surface area contributed by atoms with Crippen molar-refractivity contribution in [2.75, 3.05) is 5.75 Å². The summed E-state index contributed by atoms with van der Waals surface area (Å²) >= 11 is 1.79. The summed E-state index contributed by atoms with van der Waals surface area (Å²) in [6.07, 6.45) is 1.82. The van der Waals surface area contributed by atoms with E-state index in [1.807, 2.05) is 30.5 Å². The van der Waals surface area contributed by atoms with Crippen LogP contribution in [0.1, 0.15) is 11.6 Å². The molecule has 2 aromatic carbocycles. The first-order chi connectivity index (χ1) is 10.4. The number of benzene rings is 2. The molecule has 1 aromatic heterocycles. The van der Waals surface area contributed by atoms with Gasteiger partial charge in [-0.25, -0.2) is 0 Å². The molecule has 21 heavy (non-hydrogen) atoms. The predicted molar refractivity (Wildman–Crippen MR) is 89.0 cm³/mol. The van der Waals surface area contributed by atoms with E-state index in [0.717, 1.165) is 16.7 Å². The van der Waals surface area contributed by atoms with E-state index in [4.69, 9.17) is 5.84 Å². The van der Waals surface area contributed by atoms with E-state index in [-0.39, 0.29) is 6.04 Å². The highest BCUT2D eigenvalue weighted by Crippen LogP contribution is 2.28. The van der Waals surface area contributed by atoms with Gasteiger partial charge in [-0.1, -0.05) is 36.4 Å². The third-order valence-corrected chi connectivity index (χ3v) is 4.52. The molecule has 0 aliphatic heterocycles. The van der Waals surface area contributed by atoms with E-state index in [1.165, 1.54) is 10.5 Å². The van der Waals surface area contributed by atoms with Gasteiger partial charge in [-0.15, -0.1) is 11.8 Å². The number of thioether (sulfide) groups is 1. The number of hydrazine groups is 1. The normalized spacial score (nSPS) is 12.4. The Bertz CT molecular complexity index is 710. The Morgan fingerprint density at radius 2 is 1.86 bits per heavy atom. The molecule has 4 heteroatoms. The molecule has 0 aliphatic rings. The van der Waals surface area contributed by atoms with Crippen LogP contribution in [0.5, 0.6) is 0 Å². The quantitative estimate of drug-likeness (QED) is 0.429. The van der Waals surface area contributed by atoms with Gasteiger partial charge >= 0.3 is 0 Å². The highest BCUT2D eigenvalue weighted by atomic mass is 32.2. The van der Waals surface area contributed by atoms with Crippen molar-refractivity contribution in [3.8, 4) is 0 Å². The maximum atomic E-state index is 5.78. The maximum Gasteiger partial charge on any atom is 0.0705 e. The van der Waals surface area contributed by atoms with Gasteiger partial charge in [0.25, 0.3) is 0 Å². The van der Waals surface area contributed by atoms with Crippen molar-refractivity contribution in [2.24, 2.45) is 5.84 Å². The molecular formula is C17H17N3S. The molecule has 0 fully saturated rings. The van der Waals surface area contributed by atoms with Crippen LogP contribution in [-0.2, 0) is 0 Å². The van der Waals surface area contributed by atoms with Gasteiger partial charge in [-0.2, -0.15) is 0 Å². The molecule has 3 N–H and O–H groups in total. The average molecular weight is 295 g/mol. The van der Waals surface area contributed by atoms with Crippen LogP contribution < -0.4 is 11.3 Å². The van der Waals surface area contributed by atoms with Gasteiger partial charge < -0.3 is 0 Å². The van der Waals surface area contributed by atoms with E-state index in [0.29, 0.717) is 0 Å². The topological polar surface area (TPSA) is 50.9 Å². The summed E-state index contributed by atoms with van der Waals surface area (Å²) in [6.45, 7) is 0. The highest BCUT2D eigenvalue weighted by molar-refractivity contribution is 7.99. The average Bonchev–Trinajstić information content (AvgIpc) is 2.56. The van der Waals surface area contributed by atoms with Gasteiger partial charge in [0.1, 0.15) is 0 Å². The Balaban J connectivity index is 1.85. The lowest BCUT2D eigenvalue weighted by molar-refractivity contribution is 0.614. The predicted octanol–water partition coefficient (Wildman–Crippen LogP) is 3.53. The third-order valence-electron chi connectivity index (χ3n) is 3.42. The van der Waals surface area contributed by atoms with Crippen LogP contribution in [0.4, 0.5) is 0 Å². The van der Waals surface area contributed by atoms with Crippen molar-refractivity contribution >= 4 is 22.7 Å². The van der Waals surface area contributed by atoms with Crippen LogP contribution >= 0.6 is 11.8 Å². The molecule has 0 amide bonds. The monoisotopic (exact) mass is 295 g/mol. The number of aromatic nitrogens is 1. The van der Waals surface area contributed by atoms with Crippen LogP contribution in [0.2, 0.25) is 0 Å². The first-order valence-corrected chi connectivity index (χ1v) is 7.84. The molecule has 0 radical (unpaired) electrons. The second-order valence-corrected chi connectivity index (χ2v) is 5.85. The summed E-state index contributed by atoms with van der Waals surface area (Å²) < 4.78 is 0. The Hall–Kier alpha value is -1.88. The van der Waals surface area contributed by atoms with Crippen LogP contribution in [0.3, 0.4) is 0 Å². The Morgan fingerprint density at radius 1 is 1.00 bits per heavy atom. The molecule has 3 nitrogen and oxygen atoms in total. The molecule has 106 valence electrons. The number of nitrogens with two attached hydrogens (primary N) is 1. The number of rotatable bonds is 5. The number of hydrogen-bond donors (Lipinski definition) is 2. The summed E-state index contributed by atoms with van der Waals surface area (Å²) in [7, 11) is 0. The summed E-state index contributed by atoms with van der Waals surface area (Å²) in [5.41, 5.74) is 5.12. The number of fused-ring (bicyclic) bond motifs is 1. The Labute approximate surface area is 128 Å². The zero-order valence-electron chi connectivity index (χ0n) is 11.6. The molecule has 0 bridgehead atoms. The summed E-state index contributed by atoms with van der Waals surface area (Å²) in [6, 6.07) is 20.7. The van der Waals surface area contributed by atoms with E-state index in [9.17, 15) is 0 Å². The van der Waals surface area contributed by atoms with Gasteiger partial charge in [-0.05, 0) is 29.8 Å². The fraction of sp³-hybridized carbons (Fsp3) is 0.118. The molecule has 1 heterocycles.